The lowest BCUT2D eigenvalue weighted by Gasteiger charge is -2.29. The van der Waals surface area contributed by atoms with Gasteiger partial charge in [0.2, 0.25) is 0 Å². The molecule has 7 heteroatoms. The van der Waals surface area contributed by atoms with Gasteiger partial charge in [-0.25, -0.2) is 0 Å². The molecule has 3 aromatic rings. The van der Waals surface area contributed by atoms with Crippen LogP contribution in [-0.2, 0) is 6.54 Å². The maximum absolute atomic E-state index is 10.7. The van der Waals surface area contributed by atoms with Gasteiger partial charge in [-0.2, -0.15) is 5.10 Å². The van der Waals surface area contributed by atoms with E-state index in [1.54, 1.807) is 0 Å². The molecule has 3 aromatic carbocycles. The van der Waals surface area contributed by atoms with Crippen LogP contribution in [0.15, 0.2) is 96.1 Å². The van der Waals surface area contributed by atoms with E-state index in [1.165, 1.54) is 0 Å². The first-order valence-corrected chi connectivity index (χ1v) is 10.9. The Labute approximate surface area is 194 Å². The first-order valence-electron chi connectivity index (χ1n) is 10.9. The molecule has 2 unspecified atom stereocenters. The summed E-state index contributed by atoms with van der Waals surface area (Å²) < 4.78 is 0. The van der Waals surface area contributed by atoms with Crippen molar-refractivity contribution in [3.8, 4) is 0 Å². The van der Waals surface area contributed by atoms with Crippen LogP contribution in [0.4, 0.5) is 0 Å². The molecule has 0 saturated heterocycles. The summed E-state index contributed by atoms with van der Waals surface area (Å²) in [6, 6.07) is 28.5. The monoisotopic (exact) mass is 449 g/mol. The third-order valence-electron chi connectivity index (χ3n) is 5.35. The molecule has 4 atom stereocenters. The molecule has 6 N–H and O–H groups in total. The number of hydrazone groups is 1. The van der Waals surface area contributed by atoms with E-state index in [4.69, 9.17) is 5.11 Å². The zero-order valence-electron chi connectivity index (χ0n) is 18.3. The normalized spacial score (nSPS) is 14.7. The van der Waals surface area contributed by atoms with Crippen LogP contribution in [0.5, 0.6) is 0 Å². The molecule has 33 heavy (non-hydrogen) atoms. The summed E-state index contributed by atoms with van der Waals surface area (Å²) in [5.74, 6) is 0. The van der Waals surface area contributed by atoms with Crippen LogP contribution in [0.3, 0.4) is 0 Å². The van der Waals surface area contributed by atoms with Gasteiger partial charge in [0.1, 0.15) is 12.2 Å². The van der Waals surface area contributed by atoms with Gasteiger partial charge in [-0.1, -0.05) is 91.0 Å². The van der Waals surface area contributed by atoms with E-state index in [9.17, 15) is 15.3 Å². The van der Waals surface area contributed by atoms with E-state index in [0.29, 0.717) is 6.54 Å². The molecule has 7 nitrogen and oxygen atoms in total. The molecule has 0 aliphatic carbocycles. The van der Waals surface area contributed by atoms with Crippen molar-refractivity contribution in [1.82, 2.24) is 10.7 Å². The Balaban J connectivity index is 1.77. The van der Waals surface area contributed by atoms with Gasteiger partial charge in [-0.05, 0) is 5.56 Å². The standard InChI is InChI=1S/C26H31N3O4/c30-18-23(31)26(33)25(32)22(27-16-19-10-4-1-5-11-19)17-28-29-24(20-12-6-2-7-13-20)21-14-8-3-9-15-21/h1-15,22-23,25-28,30-33H,16-18H2/t22?,23?,25-,26+/m0/s1. The Bertz CT molecular complexity index is 929. The van der Waals surface area contributed by atoms with Crippen LogP contribution in [-0.4, -0.2) is 63.6 Å². The SMILES string of the molecule is OCC(O)[C@@H](O)[C@@H](O)C(CNN=C(c1ccccc1)c1ccccc1)NCc1ccccc1. The lowest BCUT2D eigenvalue weighted by molar-refractivity contribution is -0.0868. The van der Waals surface area contributed by atoms with Crippen molar-refractivity contribution >= 4 is 5.71 Å². The molecule has 0 aromatic heterocycles. The summed E-state index contributed by atoms with van der Waals surface area (Å²) in [6.07, 6.45) is -4.30. The topological polar surface area (TPSA) is 117 Å². The second kappa shape index (κ2) is 12.8. The molecule has 0 aliphatic rings. The Morgan fingerprint density at radius 3 is 1.76 bits per heavy atom. The summed E-state index contributed by atoms with van der Waals surface area (Å²) in [4.78, 5) is 0. The van der Waals surface area contributed by atoms with Crippen LogP contribution in [0.2, 0.25) is 0 Å². The highest BCUT2D eigenvalue weighted by Gasteiger charge is 2.30. The maximum atomic E-state index is 10.7. The Kier molecular flexibility index (Phi) is 9.56. The van der Waals surface area contributed by atoms with Crippen LogP contribution < -0.4 is 10.7 Å². The molecule has 0 radical (unpaired) electrons. The van der Waals surface area contributed by atoms with E-state index in [-0.39, 0.29) is 6.54 Å². The van der Waals surface area contributed by atoms with E-state index in [2.05, 4.69) is 15.8 Å². The van der Waals surface area contributed by atoms with Crippen LogP contribution in [0, 0.1) is 0 Å². The van der Waals surface area contributed by atoms with Crippen LogP contribution >= 0.6 is 0 Å². The summed E-state index contributed by atoms with van der Waals surface area (Å²) >= 11 is 0. The minimum Gasteiger partial charge on any atom is -0.394 e. The van der Waals surface area contributed by atoms with Gasteiger partial charge in [0.05, 0.1) is 31.0 Å². The van der Waals surface area contributed by atoms with Crippen LogP contribution in [0.25, 0.3) is 0 Å². The molecule has 0 saturated carbocycles. The van der Waals surface area contributed by atoms with E-state index in [1.807, 2.05) is 91.0 Å². The van der Waals surface area contributed by atoms with Gasteiger partial charge >= 0.3 is 0 Å². The molecular formula is C26H31N3O4. The number of aliphatic hydroxyl groups excluding tert-OH is 4. The number of aliphatic hydroxyl groups is 4. The molecule has 0 spiro atoms. The summed E-state index contributed by atoms with van der Waals surface area (Å²) in [7, 11) is 0. The van der Waals surface area contributed by atoms with E-state index in [0.717, 1.165) is 22.4 Å². The highest BCUT2D eigenvalue weighted by atomic mass is 16.4. The molecule has 0 amide bonds. The predicted octanol–water partition coefficient (Wildman–Crippen LogP) is 1.26. The zero-order valence-corrected chi connectivity index (χ0v) is 18.3. The lowest BCUT2D eigenvalue weighted by Crippen LogP contribution is -2.54. The van der Waals surface area contributed by atoms with E-state index >= 15 is 0 Å². The number of hydrogen-bond donors (Lipinski definition) is 6. The van der Waals surface area contributed by atoms with Gasteiger partial charge in [0.15, 0.2) is 0 Å². The largest absolute Gasteiger partial charge is 0.394 e. The quantitative estimate of drug-likeness (QED) is 0.183. The van der Waals surface area contributed by atoms with Crippen molar-refractivity contribution in [2.45, 2.75) is 30.9 Å². The second-order valence-corrected chi connectivity index (χ2v) is 7.76. The molecule has 0 fully saturated rings. The first-order chi connectivity index (χ1) is 16.1. The lowest BCUT2D eigenvalue weighted by atomic mass is 10.0. The Morgan fingerprint density at radius 1 is 0.727 bits per heavy atom. The summed E-state index contributed by atoms with van der Waals surface area (Å²) in [5.41, 5.74) is 6.63. The van der Waals surface area contributed by atoms with Gasteiger partial charge in [-0.15, -0.1) is 0 Å². The average Bonchev–Trinajstić information content (AvgIpc) is 2.88. The third-order valence-corrected chi connectivity index (χ3v) is 5.35. The maximum Gasteiger partial charge on any atom is 0.110 e. The minimum absolute atomic E-state index is 0.173. The number of nitrogens with one attached hydrogen (secondary N) is 2. The number of benzene rings is 3. The molecular weight excluding hydrogens is 418 g/mol. The summed E-state index contributed by atoms with van der Waals surface area (Å²) in [6.45, 7) is -0.0338. The fraction of sp³-hybridized carbons (Fsp3) is 0.269. The van der Waals surface area contributed by atoms with Gasteiger partial charge in [0.25, 0.3) is 0 Å². The van der Waals surface area contributed by atoms with Crippen molar-refractivity contribution in [2.75, 3.05) is 13.2 Å². The number of nitrogens with zero attached hydrogens (tertiary/aromatic N) is 1. The van der Waals surface area contributed by atoms with Gasteiger partial charge in [-0.3, -0.25) is 0 Å². The fourth-order valence-electron chi connectivity index (χ4n) is 3.44. The second-order valence-electron chi connectivity index (χ2n) is 7.76. The highest BCUT2D eigenvalue weighted by molar-refractivity contribution is 6.12. The van der Waals surface area contributed by atoms with E-state index < -0.39 is 31.0 Å². The third kappa shape index (κ3) is 7.21. The number of rotatable bonds is 12. The Hall–Kier alpha value is -3.07. The predicted molar refractivity (Wildman–Crippen MR) is 129 cm³/mol. The molecule has 3 rings (SSSR count). The molecule has 0 aliphatic heterocycles. The average molecular weight is 450 g/mol. The molecule has 174 valence electrons. The summed E-state index contributed by atoms with van der Waals surface area (Å²) in [5, 5.41) is 47.7. The van der Waals surface area contributed by atoms with Crippen LogP contribution in [0.1, 0.15) is 16.7 Å². The number of hydrogen-bond acceptors (Lipinski definition) is 7. The van der Waals surface area contributed by atoms with Gasteiger partial charge in [0, 0.05) is 17.7 Å². The zero-order chi connectivity index (χ0) is 23.5. The van der Waals surface area contributed by atoms with Gasteiger partial charge < -0.3 is 31.2 Å². The Morgan fingerprint density at radius 2 is 1.24 bits per heavy atom. The van der Waals surface area contributed by atoms with Crippen molar-refractivity contribution in [2.24, 2.45) is 5.10 Å². The fourth-order valence-corrected chi connectivity index (χ4v) is 3.44. The van der Waals surface area contributed by atoms with Crippen molar-refractivity contribution in [3.05, 3.63) is 108 Å². The van der Waals surface area contributed by atoms with Crippen molar-refractivity contribution in [1.29, 1.82) is 0 Å². The molecule has 0 heterocycles. The van der Waals surface area contributed by atoms with Crippen molar-refractivity contribution in [3.63, 3.8) is 0 Å². The first kappa shape index (κ1) is 24.6. The highest BCUT2D eigenvalue weighted by Crippen LogP contribution is 2.11. The smallest absolute Gasteiger partial charge is 0.110 e. The molecule has 0 bridgehead atoms. The minimum atomic E-state index is -1.52. The van der Waals surface area contributed by atoms with Crippen molar-refractivity contribution < 1.29 is 20.4 Å².